The van der Waals surface area contributed by atoms with Crippen molar-refractivity contribution >= 4 is 11.8 Å². The van der Waals surface area contributed by atoms with E-state index in [1.165, 1.54) is 0 Å². The van der Waals surface area contributed by atoms with E-state index in [9.17, 15) is 9.59 Å². The Balaban J connectivity index is 1.36. The summed E-state index contributed by atoms with van der Waals surface area (Å²) in [5.41, 5.74) is 1.46. The normalized spacial score (nSPS) is 39.6. The Kier molecular flexibility index (Phi) is 4.43. The van der Waals surface area contributed by atoms with E-state index in [1.54, 1.807) is 0 Å². The topological polar surface area (TPSA) is 58.2 Å². The molecule has 5 atom stereocenters. The maximum Gasteiger partial charge on any atom is 0.230 e. The molecule has 0 aromatic rings. The summed E-state index contributed by atoms with van der Waals surface area (Å²) in [6.45, 7) is 20.0. The van der Waals surface area contributed by atoms with Crippen LogP contribution in [0.5, 0.6) is 0 Å². The molecule has 4 fully saturated rings. The van der Waals surface area contributed by atoms with Crippen LogP contribution >= 0.6 is 0 Å². The van der Waals surface area contributed by atoms with Crippen molar-refractivity contribution in [1.29, 1.82) is 0 Å². The molecule has 160 valence electrons. The van der Waals surface area contributed by atoms with Crippen molar-refractivity contribution in [2.45, 2.75) is 79.2 Å². The second-order valence-electron chi connectivity index (χ2n) is 11.5. The summed E-state index contributed by atoms with van der Waals surface area (Å²) in [7, 11) is 0. The van der Waals surface area contributed by atoms with Crippen LogP contribution in [-0.2, 0) is 9.59 Å². The molecule has 4 aliphatic rings. The van der Waals surface area contributed by atoms with Crippen molar-refractivity contribution in [3.05, 3.63) is 24.3 Å². The van der Waals surface area contributed by atoms with Crippen LogP contribution in [0.2, 0.25) is 0 Å². The maximum absolute atomic E-state index is 13.2. The first-order valence-corrected chi connectivity index (χ1v) is 11.4. The lowest BCUT2D eigenvalue weighted by Crippen LogP contribution is -2.50. The van der Waals surface area contributed by atoms with Gasteiger partial charge in [-0.3, -0.25) is 9.59 Å². The molecule has 4 saturated carbocycles. The summed E-state index contributed by atoms with van der Waals surface area (Å²) in [4.78, 5) is 26.3. The van der Waals surface area contributed by atoms with E-state index in [2.05, 4.69) is 51.5 Å². The lowest BCUT2D eigenvalue weighted by atomic mass is 9.68. The summed E-state index contributed by atoms with van der Waals surface area (Å²) in [5, 5.41) is 6.32. The fourth-order valence-corrected chi connectivity index (χ4v) is 7.11. The van der Waals surface area contributed by atoms with Crippen molar-refractivity contribution in [2.24, 2.45) is 33.5 Å². The third-order valence-electron chi connectivity index (χ3n) is 9.60. The molecule has 2 N–H and O–H groups in total. The molecular weight excluding hydrogens is 360 g/mol. The zero-order valence-electron chi connectivity index (χ0n) is 18.9. The van der Waals surface area contributed by atoms with E-state index in [4.69, 9.17) is 0 Å². The first kappa shape index (κ1) is 20.7. The summed E-state index contributed by atoms with van der Waals surface area (Å²) >= 11 is 0. The molecule has 2 amide bonds. The third kappa shape index (κ3) is 2.63. The van der Waals surface area contributed by atoms with Gasteiger partial charge in [0.15, 0.2) is 0 Å². The number of carbonyl (C=O) groups is 2. The number of fused-ring (bicyclic) bond motifs is 4. The first-order chi connectivity index (χ1) is 13.4. The van der Waals surface area contributed by atoms with Crippen molar-refractivity contribution in [3.8, 4) is 0 Å². The molecular formula is C25H38N2O2. The minimum absolute atomic E-state index is 0.0425. The number of nitrogens with one attached hydrogen (secondary N) is 2. The van der Waals surface area contributed by atoms with Gasteiger partial charge in [-0.2, -0.15) is 0 Å². The van der Waals surface area contributed by atoms with Crippen LogP contribution in [0.1, 0.15) is 73.1 Å². The van der Waals surface area contributed by atoms with E-state index < -0.39 is 10.8 Å². The molecule has 29 heavy (non-hydrogen) atoms. The Labute approximate surface area is 176 Å². The quantitative estimate of drug-likeness (QED) is 0.676. The average Bonchev–Trinajstić information content (AvgIpc) is 3.37. The molecule has 0 radical (unpaired) electrons. The predicted octanol–water partition coefficient (Wildman–Crippen LogP) is 4.37. The number of amides is 2. The van der Waals surface area contributed by atoms with E-state index in [1.807, 2.05) is 6.92 Å². The highest BCUT2D eigenvalue weighted by molar-refractivity contribution is 5.89. The highest BCUT2D eigenvalue weighted by Gasteiger charge is 2.62. The van der Waals surface area contributed by atoms with Gasteiger partial charge in [0.05, 0.1) is 10.8 Å². The maximum atomic E-state index is 13.2. The van der Waals surface area contributed by atoms with Crippen LogP contribution < -0.4 is 10.6 Å². The molecule has 4 bridgehead atoms. The molecule has 0 aliphatic heterocycles. The second-order valence-corrected chi connectivity index (χ2v) is 11.5. The monoisotopic (exact) mass is 398 g/mol. The van der Waals surface area contributed by atoms with E-state index >= 15 is 0 Å². The minimum Gasteiger partial charge on any atom is -0.353 e. The van der Waals surface area contributed by atoms with Crippen LogP contribution in [-0.4, -0.2) is 24.4 Å². The smallest absolute Gasteiger partial charge is 0.230 e. The van der Waals surface area contributed by atoms with Crippen molar-refractivity contribution in [2.75, 3.05) is 6.54 Å². The highest BCUT2D eigenvalue weighted by Crippen LogP contribution is 2.66. The number of hydrogen-bond donors (Lipinski definition) is 2. The molecule has 0 heterocycles. The van der Waals surface area contributed by atoms with E-state index in [0.717, 1.165) is 49.7 Å². The van der Waals surface area contributed by atoms with E-state index in [-0.39, 0.29) is 28.7 Å². The Morgan fingerprint density at radius 1 is 0.931 bits per heavy atom. The lowest BCUT2D eigenvalue weighted by molar-refractivity contribution is -0.131. The van der Waals surface area contributed by atoms with Gasteiger partial charge >= 0.3 is 0 Å². The number of rotatable bonds is 5. The fraction of sp³-hybridized carbons (Fsp3) is 0.760. The number of hydrogen-bond acceptors (Lipinski definition) is 2. The van der Waals surface area contributed by atoms with Crippen LogP contribution in [0.25, 0.3) is 0 Å². The standard InChI is InChI=1S/C25H38N2O2/c1-15(27-21(29)25-11-9-19(13-25)23(6,7)17(25)3)14-26-20(28)24-10-8-18(12-24)22(4,5)16(24)2/h15,18-19H,2-3,8-14H2,1,4-7H3,(H,26,28)(H,27,29)/t15-,18+,19?,24+,25?/m1/s1. The van der Waals surface area contributed by atoms with Crippen molar-refractivity contribution < 1.29 is 9.59 Å². The van der Waals surface area contributed by atoms with Crippen LogP contribution in [0.15, 0.2) is 24.3 Å². The molecule has 0 saturated heterocycles. The Morgan fingerprint density at radius 3 is 1.79 bits per heavy atom. The third-order valence-corrected chi connectivity index (χ3v) is 9.60. The fourth-order valence-electron chi connectivity index (χ4n) is 7.11. The van der Waals surface area contributed by atoms with Crippen LogP contribution in [0, 0.1) is 33.5 Å². The van der Waals surface area contributed by atoms with Gasteiger partial charge in [0, 0.05) is 12.6 Å². The van der Waals surface area contributed by atoms with Gasteiger partial charge in [0.25, 0.3) is 0 Å². The summed E-state index contributed by atoms with van der Waals surface area (Å²) in [5.74, 6) is 1.32. The predicted molar refractivity (Wildman–Crippen MR) is 116 cm³/mol. The lowest BCUT2D eigenvalue weighted by Gasteiger charge is -2.38. The Morgan fingerprint density at radius 2 is 1.38 bits per heavy atom. The molecule has 4 heteroatoms. The molecule has 2 unspecified atom stereocenters. The molecule has 0 spiro atoms. The summed E-state index contributed by atoms with van der Waals surface area (Å²) in [6.07, 6.45) is 5.86. The van der Waals surface area contributed by atoms with Gasteiger partial charge in [-0.25, -0.2) is 0 Å². The summed E-state index contributed by atoms with van der Waals surface area (Å²) in [6, 6.07) is -0.104. The summed E-state index contributed by atoms with van der Waals surface area (Å²) < 4.78 is 0. The largest absolute Gasteiger partial charge is 0.353 e. The zero-order valence-corrected chi connectivity index (χ0v) is 18.9. The van der Waals surface area contributed by atoms with Crippen LogP contribution in [0.4, 0.5) is 0 Å². The minimum atomic E-state index is -0.409. The molecule has 0 aromatic heterocycles. The molecule has 0 aromatic carbocycles. The van der Waals surface area contributed by atoms with E-state index in [0.29, 0.717) is 18.4 Å². The van der Waals surface area contributed by atoms with Gasteiger partial charge in [0.2, 0.25) is 11.8 Å². The second kappa shape index (κ2) is 6.21. The van der Waals surface area contributed by atoms with Gasteiger partial charge in [-0.05, 0) is 68.1 Å². The molecule has 4 aliphatic carbocycles. The van der Waals surface area contributed by atoms with Crippen molar-refractivity contribution in [3.63, 3.8) is 0 Å². The zero-order chi connectivity index (χ0) is 21.4. The van der Waals surface area contributed by atoms with Gasteiger partial charge in [0.1, 0.15) is 0 Å². The molecule has 4 rings (SSSR count). The van der Waals surface area contributed by atoms with Gasteiger partial charge in [-0.15, -0.1) is 0 Å². The average molecular weight is 399 g/mol. The Bertz CT molecular complexity index is 795. The van der Waals surface area contributed by atoms with Crippen molar-refractivity contribution in [1.82, 2.24) is 10.6 Å². The highest BCUT2D eigenvalue weighted by atomic mass is 16.2. The SMILES string of the molecule is C=C1C2(C(=O)N[C@H](C)CNC(=O)[C@@]34CC[C@@H](C3)C(C)(C)C4=C)CCC(C2)C1(C)C. The Hall–Kier alpha value is -1.58. The molecule has 4 nitrogen and oxygen atoms in total. The van der Waals surface area contributed by atoms with Gasteiger partial charge in [-0.1, -0.05) is 52.0 Å². The van der Waals surface area contributed by atoms with Gasteiger partial charge < -0.3 is 10.6 Å². The number of carbonyl (C=O) groups excluding carboxylic acids is 2. The van der Waals surface area contributed by atoms with Crippen LogP contribution in [0.3, 0.4) is 0 Å². The first-order valence-electron chi connectivity index (χ1n) is 11.4.